The molecular formula is C22H28O4S. The van der Waals surface area contributed by atoms with Gasteiger partial charge in [0.2, 0.25) is 0 Å². The highest BCUT2D eigenvalue weighted by Gasteiger charge is 2.38. The normalized spacial score (nSPS) is 22.1. The van der Waals surface area contributed by atoms with Crippen LogP contribution in [0.3, 0.4) is 0 Å². The molecule has 1 aliphatic carbocycles. The molecule has 0 radical (unpaired) electrons. The van der Waals surface area contributed by atoms with E-state index in [-0.39, 0.29) is 23.2 Å². The van der Waals surface area contributed by atoms with E-state index in [0.717, 1.165) is 50.2 Å². The van der Waals surface area contributed by atoms with Crippen LogP contribution in [0.2, 0.25) is 0 Å². The largest absolute Gasteiger partial charge is 0.507 e. The Hall–Kier alpha value is -1.59. The molecule has 1 saturated heterocycles. The summed E-state index contributed by atoms with van der Waals surface area (Å²) < 4.78 is 11.3. The molecule has 2 aromatic rings. The molecule has 1 N–H and O–H groups in total. The van der Waals surface area contributed by atoms with Gasteiger partial charge in [-0.1, -0.05) is 6.92 Å². The van der Waals surface area contributed by atoms with Crippen LogP contribution in [0.15, 0.2) is 27.4 Å². The Morgan fingerprint density at radius 3 is 2.67 bits per heavy atom. The molecule has 4 rings (SSSR count). The Labute approximate surface area is 164 Å². The molecule has 2 fully saturated rings. The zero-order valence-electron chi connectivity index (χ0n) is 16.1. The van der Waals surface area contributed by atoms with E-state index in [4.69, 9.17) is 9.15 Å². The number of thiophene rings is 1. The first-order chi connectivity index (χ1) is 13.1. The third-order valence-electron chi connectivity index (χ3n) is 5.99. The highest BCUT2D eigenvalue weighted by molar-refractivity contribution is 7.12. The lowest BCUT2D eigenvalue weighted by atomic mass is 9.88. The fourth-order valence-corrected chi connectivity index (χ4v) is 5.39. The van der Waals surface area contributed by atoms with Crippen molar-refractivity contribution in [3.05, 3.63) is 49.7 Å². The zero-order valence-corrected chi connectivity index (χ0v) is 16.9. The molecule has 5 heteroatoms. The quantitative estimate of drug-likeness (QED) is 0.710. The van der Waals surface area contributed by atoms with Crippen molar-refractivity contribution >= 4 is 11.3 Å². The van der Waals surface area contributed by atoms with Gasteiger partial charge in [0, 0.05) is 40.9 Å². The Balaban J connectivity index is 1.65. The summed E-state index contributed by atoms with van der Waals surface area (Å²) in [7, 11) is 0. The molecule has 0 aromatic carbocycles. The van der Waals surface area contributed by atoms with Gasteiger partial charge in [0.25, 0.3) is 0 Å². The maximum absolute atomic E-state index is 12.9. The maximum atomic E-state index is 12.9. The van der Waals surface area contributed by atoms with Crippen molar-refractivity contribution in [2.45, 2.75) is 57.8 Å². The second-order valence-electron chi connectivity index (χ2n) is 8.07. The molecule has 3 heterocycles. The highest BCUT2D eigenvalue weighted by Crippen LogP contribution is 2.49. The first-order valence-electron chi connectivity index (χ1n) is 10.1. The summed E-state index contributed by atoms with van der Waals surface area (Å²) in [6, 6.07) is 5.88. The minimum absolute atomic E-state index is 0.0442. The SMILES string of the molecule is CCC(CC1CCOC1)c1cc(O)c(C(c2ccc(C)s2)C2CC2)c(=O)o1. The van der Waals surface area contributed by atoms with E-state index >= 15 is 0 Å². The van der Waals surface area contributed by atoms with E-state index in [1.807, 2.05) is 0 Å². The van der Waals surface area contributed by atoms with Crippen LogP contribution in [-0.4, -0.2) is 18.3 Å². The number of hydrogen-bond acceptors (Lipinski definition) is 5. The van der Waals surface area contributed by atoms with Gasteiger partial charge in [0.15, 0.2) is 0 Å². The molecule has 27 heavy (non-hydrogen) atoms. The molecule has 0 bridgehead atoms. The summed E-state index contributed by atoms with van der Waals surface area (Å²) in [6.07, 6.45) is 5.08. The van der Waals surface area contributed by atoms with Crippen LogP contribution in [0.25, 0.3) is 0 Å². The van der Waals surface area contributed by atoms with Crippen molar-refractivity contribution in [2.24, 2.45) is 11.8 Å². The van der Waals surface area contributed by atoms with Gasteiger partial charge in [0.05, 0.1) is 5.56 Å². The van der Waals surface area contributed by atoms with E-state index in [2.05, 4.69) is 26.0 Å². The Morgan fingerprint density at radius 2 is 2.11 bits per heavy atom. The van der Waals surface area contributed by atoms with Crippen LogP contribution in [0.1, 0.15) is 71.9 Å². The molecule has 146 valence electrons. The number of aromatic hydroxyl groups is 1. The Kier molecular flexibility index (Phi) is 5.42. The van der Waals surface area contributed by atoms with Crippen LogP contribution in [0.4, 0.5) is 0 Å². The molecule has 3 atom stereocenters. The molecule has 2 aliphatic rings. The predicted octanol–water partition coefficient (Wildman–Crippen LogP) is 5.18. The lowest BCUT2D eigenvalue weighted by Crippen LogP contribution is -2.17. The summed E-state index contributed by atoms with van der Waals surface area (Å²) >= 11 is 1.71. The van der Waals surface area contributed by atoms with Gasteiger partial charge >= 0.3 is 5.63 Å². The van der Waals surface area contributed by atoms with Gasteiger partial charge in [-0.3, -0.25) is 0 Å². The monoisotopic (exact) mass is 388 g/mol. The van der Waals surface area contributed by atoms with Crippen LogP contribution in [0, 0.1) is 18.8 Å². The van der Waals surface area contributed by atoms with Gasteiger partial charge in [-0.05, 0) is 63.0 Å². The number of hydrogen-bond donors (Lipinski definition) is 1. The van der Waals surface area contributed by atoms with Crippen LogP contribution >= 0.6 is 11.3 Å². The Morgan fingerprint density at radius 1 is 1.30 bits per heavy atom. The minimum atomic E-state index is -0.367. The van der Waals surface area contributed by atoms with Gasteiger partial charge in [-0.15, -0.1) is 11.3 Å². The number of aryl methyl sites for hydroxylation is 1. The summed E-state index contributed by atoms with van der Waals surface area (Å²) in [5.74, 6) is 1.76. The van der Waals surface area contributed by atoms with E-state index in [9.17, 15) is 9.90 Å². The zero-order chi connectivity index (χ0) is 19.0. The first-order valence-corrected chi connectivity index (χ1v) is 10.9. The van der Waals surface area contributed by atoms with Gasteiger partial charge in [0.1, 0.15) is 11.5 Å². The number of ether oxygens (including phenoxy) is 1. The third kappa shape index (κ3) is 3.99. The van der Waals surface area contributed by atoms with Crippen LogP contribution < -0.4 is 5.63 Å². The third-order valence-corrected chi connectivity index (χ3v) is 7.08. The summed E-state index contributed by atoms with van der Waals surface area (Å²) in [5, 5.41) is 10.8. The lowest BCUT2D eigenvalue weighted by Gasteiger charge is -2.20. The molecule has 0 amide bonds. The van der Waals surface area contributed by atoms with Gasteiger partial charge < -0.3 is 14.3 Å². The molecule has 2 aromatic heterocycles. The van der Waals surface area contributed by atoms with Gasteiger partial charge in [-0.2, -0.15) is 0 Å². The van der Waals surface area contributed by atoms with Gasteiger partial charge in [-0.25, -0.2) is 4.79 Å². The fraction of sp³-hybridized carbons (Fsp3) is 0.591. The predicted molar refractivity (Wildman–Crippen MR) is 107 cm³/mol. The topological polar surface area (TPSA) is 59.7 Å². The second-order valence-corrected chi connectivity index (χ2v) is 9.39. The highest BCUT2D eigenvalue weighted by atomic mass is 32.1. The smallest absolute Gasteiger partial charge is 0.343 e. The average molecular weight is 389 g/mol. The van der Waals surface area contributed by atoms with Crippen molar-refractivity contribution in [2.75, 3.05) is 13.2 Å². The minimum Gasteiger partial charge on any atom is -0.507 e. The van der Waals surface area contributed by atoms with Crippen molar-refractivity contribution < 1.29 is 14.3 Å². The molecule has 0 spiro atoms. The fourth-order valence-electron chi connectivity index (χ4n) is 4.31. The van der Waals surface area contributed by atoms with Crippen molar-refractivity contribution in [3.8, 4) is 5.75 Å². The second kappa shape index (κ2) is 7.80. The van der Waals surface area contributed by atoms with E-state index in [0.29, 0.717) is 23.2 Å². The standard InChI is InChI=1S/C22H28O4S/c1-3-15(10-14-8-9-25-12-14)18-11-17(23)21(22(24)26-18)20(16-5-6-16)19-7-4-13(2)27-19/h4,7,11,14-16,20,23H,3,5-6,8-10,12H2,1-2H3. The summed E-state index contributed by atoms with van der Waals surface area (Å²) in [4.78, 5) is 15.3. The van der Waals surface area contributed by atoms with E-state index < -0.39 is 0 Å². The van der Waals surface area contributed by atoms with Crippen molar-refractivity contribution in [3.63, 3.8) is 0 Å². The molecule has 4 nitrogen and oxygen atoms in total. The van der Waals surface area contributed by atoms with Crippen LogP contribution in [-0.2, 0) is 4.74 Å². The van der Waals surface area contributed by atoms with Crippen molar-refractivity contribution in [1.82, 2.24) is 0 Å². The maximum Gasteiger partial charge on any atom is 0.343 e. The van der Waals surface area contributed by atoms with E-state index in [1.54, 1.807) is 17.4 Å². The Bertz CT molecular complexity index is 842. The first kappa shape index (κ1) is 18.8. The lowest BCUT2D eigenvalue weighted by molar-refractivity contribution is 0.181. The van der Waals surface area contributed by atoms with Crippen molar-refractivity contribution in [1.29, 1.82) is 0 Å². The molecule has 1 saturated carbocycles. The molecule has 1 aliphatic heterocycles. The van der Waals surface area contributed by atoms with E-state index in [1.165, 1.54) is 4.88 Å². The number of rotatable bonds is 7. The van der Waals surface area contributed by atoms with Crippen LogP contribution in [0.5, 0.6) is 5.75 Å². The molecular weight excluding hydrogens is 360 g/mol. The summed E-state index contributed by atoms with van der Waals surface area (Å²) in [6.45, 7) is 5.78. The summed E-state index contributed by atoms with van der Waals surface area (Å²) in [5.41, 5.74) is 0.0798. The molecule has 3 unspecified atom stereocenters. The average Bonchev–Trinajstić information content (AvgIpc) is 3.16.